The monoisotopic (exact) mass is 258 g/mol. The molecule has 0 amide bonds. The van der Waals surface area contributed by atoms with E-state index in [0.717, 1.165) is 12.8 Å². The Kier molecular flexibility index (Phi) is 5.18. The van der Waals surface area contributed by atoms with Crippen LogP contribution in [0.3, 0.4) is 0 Å². The van der Waals surface area contributed by atoms with Gasteiger partial charge in [0.2, 0.25) is 0 Å². The molecule has 0 aromatic carbocycles. The SMILES string of the molecule is COC(OC)C(C)NC1CC(C)(C)NC(C)(C)C1. The van der Waals surface area contributed by atoms with Crippen LogP contribution in [0.4, 0.5) is 0 Å². The molecule has 4 heteroatoms. The summed E-state index contributed by atoms with van der Waals surface area (Å²) >= 11 is 0. The van der Waals surface area contributed by atoms with Crippen LogP contribution < -0.4 is 10.6 Å². The molecule has 2 N–H and O–H groups in total. The highest BCUT2D eigenvalue weighted by Gasteiger charge is 2.38. The second-order valence-corrected chi connectivity index (χ2v) is 6.79. The summed E-state index contributed by atoms with van der Waals surface area (Å²) in [7, 11) is 3.37. The van der Waals surface area contributed by atoms with Gasteiger partial charge in [-0.3, -0.25) is 0 Å². The van der Waals surface area contributed by atoms with Crippen molar-refractivity contribution in [2.45, 2.75) is 76.9 Å². The van der Waals surface area contributed by atoms with Gasteiger partial charge >= 0.3 is 0 Å². The molecule has 0 saturated carbocycles. The fourth-order valence-electron chi connectivity index (χ4n) is 3.39. The van der Waals surface area contributed by atoms with E-state index in [1.165, 1.54) is 0 Å². The van der Waals surface area contributed by atoms with Crippen molar-refractivity contribution >= 4 is 0 Å². The molecule has 0 aromatic heterocycles. The maximum absolute atomic E-state index is 5.31. The van der Waals surface area contributed by atoms with Gasteiger partial charge in [-0.15, -0.1) is 0 Å². The lowest BCUT2D eigenvalue weighted by Gasteiger charge is -2.47. The van der Waals surface area contributed by atoms with E-state index in [4.69, 9.17) is 9.47 Å². The Bertz CT molecular complexity index is 247. The van der Waals surface area contributed by atoms with Crippen molar-refractivity contribution in [1.82, 2.24) is 10.6 Å². The van der Waals surface area contributed by atoms with Gasteiger partial charge in [0.05, 0.1) is 6.04 Å². The van der Waals surface area contributed by atoms with Crippen LogP contribution in [-0.2, 0) is 9.47 Å². The second-order valence-electron chi connectivity index (χ2n) is 6.79. The van der Waals surface area contributed by atoms with Crippen molar-refractivity contribution in [3.05, 3.63) is 0 Å². The van der Waals surface area contributed by atoms with E-state index in [2.05, 4.69) is 45.3 Å². The van der Waals surface area contributed by atoms with Crippen LogP contribution in [-0.4, -0.2) is 43.7 Å². The number of methoxy groups -OCH3 is 2. The van der Waals surface area contributed by atoms with Crippen LogP contribution in [0.5, 0.6) is 0 Å². The predicted molar refractivity (Wildman–Crippen MR) is 74.7 cm³/mol. The normalized spacial score (nSPS) is 25.3. The molecule has 1 fully saturated rings. The molecular weight excluding hydrogens is 228 g/mol. The van der Waals surface area contributed by atoms with Gasteiger partial charge < -0.3 is 20.1 Å². The van der Waals surface area contributed by atoms with E-state index >= 15 is 0 Å². The van der Waals surface area contributed by atoms with E-state index in [-0.39, 0.29) is 23.4 Å². The zero-order valence-corrected chi connectivity index (χ0v) is 13.0. The Hall–Kier alpha value is -0.160. The molecule has 1 aliphatic rings. The average Bonchev–Trinajstić information content (AvgIpc) is 2.13. The van der Waals surface area contributed by atoms with Crippen LogP contribution in [0.15, 0.2) is 0 Å². The number of ether oxygens (including phenoxy) is 2. The van der Waals surface area contributed by atoms with Gasteiger partial charge in [0, 0.05) is 31.3 Å². The molecule has 1 unspecified atom stereocenters. The molecule has 0 aliphatic carbocycles. The molecule has 1 atom stereocenters. The minimum Gasteiger partial charge on any atom is -0.354 e. The highest BCUT2D eigenvalue weighted by atomic mass is 16.7. The number of piperidine rings is 1. The summed E-state index contributed by atoms with van der Waals surface area (Å²) in [5.41, 5.74) is 0.323. The minimum absolute atomic E-state index is 0.161. The molecule has 1 saturated heterocycles. The number of hydrogen-bond donors (Lipinski definition) is 2. The molecule has 1 aliphatic heterocycles. The number of nitrogens with one attached hydrogen (secondary N) is 2. The lowest BCUT2D eigenvalue weighted by molar-refractivity contribution is -0.122. The van der Waals surface area contributed by atoms with Gasteiger partial charge in [-0.05, 0) is 47.5 Å². The maximum Gasteiger partial charge on any atom is 0.171 e. The largest absolute Gasteiger partial charge is 0.354 e. The second kappa shape index (κ2) is 5.87. The first-order valence-electron chi connectivity index (χ1n) is 6.80. The third-order valence-electron chi connectivity index (χ3n) is 3.56. The molecular formula is C14H30N2O2. The molecule has 108 valence electrons. The van der Waals surface area contributed by atoms with Gasteiger partial charge in [0.15, 0.2) is 6.29 Å². The first-order valence-corrected chi connectivity index (χ1v) is 6.80. The van der Waals surface area contributed by atoms with Crippen LogP contribution >= 0.6 is 0 Å². The molecule has 4 nitrogen and oxygen atoms in total. The first kappa shape index (κ1) is 15.9. The minimum atomic E-state index is -0.189. The molecule has 18 heavy (non-hydrogen) atoms. The standard InChI is InChI=1S/C14H30N2O2/c1-10(12(17-6)18-7)15-11-8-13(2,3)16-14(4,5)9-11/h10-12,15-16H,8-9H2,1-7H3. The van der Waals surface area contributed by atoms with Gasteiger partial charge in [-0.25, -0.2) is 0 Å². The summed E-state index contributed by atoms with van der Waals surface area (Å²) in [4.78, 5) is 0. The summed E-state index contributed by atoms with van der Waals surface area (Å²) in [6.07, 6.45) is 2.04. The van der Waals surface area contributed by atoms with Crippen LogP contribution in [0.1, 0.15) is 47.5 Å². The van der Waals surface area contributed by atoms with Gasteiger partial charge in [0.1, 0.15) is 0 Å². The third kappa shape index (κ3) is 4.50. The highest BCUT2D eigenvalue weighted by Crippen LogP contribution is 2.28. The summed E-state index contributed by atoms with van der Waals surface area (Å²) < 4.78 is 10.6. The van der Waals surface area contributed by atoms with Gasteiger partial charge in [-0.1, -0.05) is 0 Å². The van der Waals surface area contributed by atoms with E-state index in [1.807, 2.05) is 0 Å². The first-order chi connectivity index (χ1) is 8.19. The molecule has 1 rings (SSSR count). The Balaban J connectivity index is 2.61. The van der Waals surface area contributed by atoms with Crippen LogP contribution in [0.25, 0.3) is 0 Å². The topological polar surface area (TPSA) is 42.5 Å². The van der Waals surface area contributed by atoms with Crippen molar-refractivity contribution in [1.29, 1.82) is 0 Å². The summed E-state index contributed by atoms with van der Waals surface area (Å²) in [5.74, 6) is 0. The number of hydrogen-bond acceptors (Lipinski definition) is 4. The summed E-state index contributed by atoms with van der Waals surface area (Å²) in [6, 6.07) is 0.675. The van der Waals surface area contributed by atoms with Gasteiger partial charge in [0.25, 0.3) is 0 Å². The Morgan fingerprint density at radius 2 is 1.50 bits per heavy atom. The molecule has 0 bridgehead atoms. The Labute approximate surface area is 112 Å². The van der Waals surface area contributed by atoms with E-state index in [9.17, 15) is 0 Å². The predicted octanol–water partition coefficient (Wildman–Crippen LogP) is 1.89. The molecule has 0 aromatic rings. The zero-order valence-electron chi connectivity index (χ0n) is 13.0. The van der Waals surface area contributed by atoms with Crippen molar-refractivity contribution in [3.63, 3.8) is 0 Å². The van der Waals surface area contributed by atoms with Crippen molar-refractivity contribution in [3.8, 4) is 0 Å². The summed E-state index contributed by atoms with van der Waals surface area (Å²) in [6.45, 7) is 11.2. The fourth-order valence-corrected chi connectivity index (χ4v) is 3.39. The fraction of sp³-hybridized carbons (Fsp3) is 1.00. The van der Waals surface area contributed by atoms with Crippen molar-refractivity contribution in [2.24, 2.45) is 0 Å². The average molecular weight is 258 g/mol. The zero-order chi connectivity index (χ0) is 14.0. The Morgan fingerprint density at radius 3 is 1.89 bits per heavy atom. The van der Waals surface area contributed by atoms with E-state index in [1.54, 1.807) is 14.2 Å². The third-order valence-corrected chi connectivity index (χ3v) is 3.56. The quantitative estimate of drug-likeness (QED) is 0.739. The molecule has 0 spiro atoms. The lowest BCUT2D eigenvalue weighted by atomic mass is 9.79. The highest BCUT2D eigenvalue weighted by molar-refractivity contribution is 5.00. The van der Waals surface area contributed by atoms with E-state index < -0.39 is 0 Å². The van der Waals surface area contributed by atoms with Crippen molar-refractivity contribution in [2.75, 3.05) is 14.2 Å². The smallest absolute Gasteiger partial charge is 0.171 e. The van der Waals surface area contributed by atoms with Gasteiger partial charge in [-0.2, -0.15) is 0 Å². The maximum atomic E-state index is 5.31. The lowest BCUT2D eigenvalue weighted by Crippen LogP contribution is -2.63. The van der Waals surface area contributed by atoms with Crippen LogP contribution in [0.2, 0.25) is 0 Å². The van der Waals surface area contributed by atoms with Crippen LogP contribution in [0, 0.1) is 0 Å². The van der Waals surface area contributed by atoms with E-state index in [0.29, 0.717) is 6.04 Å². The Morgan fingerprint density at radius 1 is 1.06 bits per heavy atom. The molecule has 1 heterocycles. The summed E-state index contributed by atoms with van der Waals surface area (Å²) in [5, 5.41) is 7.33. The molecule has 0 radical (unpaired) electrons. The van der Waals surface area contributed by atoms with Crippen molar-refractivity contribution < 1.29 is 9.47 Å². The number of rotatable bonds is 5.